The third-order valence-electron chi connectivity index (χ3n) is 5.11. The first kappa shape index (κ1) is 17.7. The molecule has 3 nitrogen and oxygen atoms in total. The first-order chi connectivity index (χ1) is 12.3. The van der Waals surface area contributed by atoms with Crippen LogP contribution in [-0.4, -0.2) is 17.4 Å². The lowest BCUT2D eigenvalue weighted by Gasteiger charge is -2.31. The average Bonchev–Trinajstić information content (AvgIpc) is 2.65. The molecule has 25 heavy (non-hydrogen) atoms. The van der Waals surface area contributed by atoms with E-state index in [0.29, 0.717) is 5.91 Å². The van der Waals surface area contributed by atoms with Crippen molar-refractivity contribution >= 4 is 11.6 Å². The highest BCUT2D eigenvalue weighted by Crippen LogP contribution is 2.30. The molecule has 0 aliphatic carbocycles. The quantitative estimate of drug-likeness (QED) is 0.759. The largest absolute Gasteiger partial charge is 0.312 e. The Balaban J connectivity index is 1.78. The van der Waals surface area contributed by atoms with E-state index in [1.807, 2.05) is 18.3 Å². The van der Waals surface area contributed by atoms with Crippen LogP contribution in [0.1, 0.15) is 50.3 Å². The first-order valence-corrected chi connectivity index (χ1v) is 9.58. The molecule has 0 N–H and O–H groups in total. The van der Waals surface area contributed by atoms with Gasteiger partial charge in [-0.1, -0.05) is 37.6 Å². The fourth-order valence-electron chi connectivity index (χ4n) is 3.67. The van der Waals surface area contributed by atoms with Crippen molar-refractivity contribution in [2.45, 2.75) is 51.9 Å². The first-order valence-electron chi connectivity index (χ1n) is 9.58. The summed E-state index contributed by atoms with van der Waals surface area (Å²) in [7, 11) is 0. The number of aromatic nitrogens is 1. The lowest BCUT2D eigenvalue weighted by atomic mass is 9.90. The lowest BCUT2D eigenvalue weighted by molar-refractivity contribution is -0.123. The molecular weight excluding hydrogens is 308 g/mol. The number of anilines is 1. The molecule has 2 aromatic rings. The number of rotatable bonds is 6. The molecule has 1 unspecified atom stereocenters. The minimum absolute atomic E-state index is 0.104. The van der Waals surface area contributed by atoms with E-state index in [4.69, 9.17) is 0 Å². The van der Waals surface area contributed by atoms with Gasteiger partial charge in [0.25, 0.3) is 0 Å². The fraction of sp³-hybridized carbons (Fsp3) is 0.455. The Morgan fingerprint density at radius 3 is 2.80 bits per heavy atom. The molecule has 1 aliphatic heterocycles. The Kier molecular flexibility index (Phi) is 6.21. The van der Waals surface area contributed by atoms with Gasteiger partial charge in [0.15, 0.2) is 0 Å². The van der Waals surface area contributed by atoms with Crippen LogP contribution < -0.4 is 4.90 Å². The van der Waals surface area contributed by atoms with Gasteiger partial charge in [-0.25, -0.2) is 0 Å². The molecular formula is C22H28N2O. The van der Waals surface area contributed by atoms with E-state index in [9.17, 15) is 4.79 Å². The van der Waals surface area contributed by atoms with Gasteiger partial charge in [0.05, 0.1) is 0 Å². The Morgan fingerprint density at radius 1 is 1.16 bits per heavy atom. The maximum Gasteiger partial charge on any atom is 0.230 e. The maximum absolute atomic E-state index is 13.3. The summed E-state index contributed by atoms with van der Waals surface area (Å²) in [6.07, 6.45) is 8.86. The lowest BCUT2D eigenvalue weighted by Crippen LogP contribution is -2.39. The minimum Gasteiger partial charge on any atom is -0.312 e. The number of hydrogen-bond donors (Lipinski definition) is 0. The molecule has 1 amide bonds. The normalized spacial score (nSPS) is 17.7. The summed E-state index contributed by atoms with van der Waals surface area (Å²) in [6, 6.07) is 14.4. The van der Waals surface area contributed by atoms with Gasteiger partial charge in [0, 0.05) is 30.0 Å². The van der Waals surface area contributed by atoms with Crippen molar-refractivity contribution in [3.8, 4) is 0 Å². The smallest absolute Gasteiger partial charge is 0.230 e. The molecule has 1 aromatic carbocycles. The third-order valence-corrected chi connectivity index (χ3v) is 5.11. The van der Waals surface area contributed by atoms with Crippen molar-refractivity contribution in [3.05, 3.63) is 59.9 Å². The Labute approximate surface area is 151 Å². The zero-order chi connectivity index (χ0) is 17.5. The summed E-state index contributed by atoms with van der Waals surface area (Å²) < 4.78 is 0. The topological polar surface area (TPSA) is 33.2 Å². The van der Waals surface area contributed by atoms with Gasteiger partial charge in [0.1, 0.15) is 0 Å². The zero-order valence-electron chi connectivity index (χ0n) is 15.2. The van der Waals surface area contributed by atoms with Gasteiger partial charge in [-0.15, -0.1) is 0 Å². The predicted molar refractivity (Wildman–Crippen MR) is 103 cm³/mol. The second-order valence-corrected chi connectivity index (χ2v) is 6.92. The number of unbranched alkanes of at least 4 members (excludes halogenated alkanes) is 1. The molecule has 2 heterocycles. The molecule has 0 saturated carbocycles. The SMILES string of the molecule is CCCCN1C(=O)C(CCc2ccccn2)CCCc2ccccc21. The highest BCUT2D eigenvalue weighted by molar-refractivity contribution is 5.96. The van der Waals surface area contributed by atoms with E-state index in [2.05, 4.69) is 47.1 Å². The summed E-state index contributed by atoms with van der Waals surface area (Å²) in [5.74, 6) is 0.406. The molecule has 0 bridgehead atoms. The van der Waals surface area contributed by atoms with Gasteiger partial charge in [-0.2, -0.15) is 0 Å². The van der Waals surface area contributed by atoms with E-state index < -0.39 is 0 Å². The predicted octanol–water partition coefficient (Wildman–Crippen LogP) is 4.80. The summed E-state index contributed by atoms with van der Waals surface area (Å²) in [5, 5.41) is 0. The average molecular weight is 336 g/mol. The van der Waals surface area contributed by atoms with E-state index in [1.165, 1.54) is 5.56 Å². The van der Waals surface area contributed by atoms with Crippen LogP contribution in [0.2, 0.25) is 0 Å². The Morgan fingerprint density at radius 2 is 2.00 bits per heavy atom. The number of carbonyl (C=O) groups excluding carboxylic acids is 1. The number of aryl methyl sites for hydroxylation is 2. The van der Waals surface area contributed by atoms with E-state index >= 15 is 0 Å². The van der Waals surface area contributed by atoms with Gasteiger partial charge in [0.2, 0.25) is 5.91 Å². The monoisotopic (exact) mass is 336 g/mol. The van der Waals surface area contributed by atoms with Crippen LogP contribution in [0.15, 0.2) is 48.7 Å². The van der Waals surface area contributed by atoms with Gasteiger partial charge < -0.3 is 4.90 Å². The van der Waals surface area contributed by atoms with E-state index in [1.54, 1.807) is 0 Å². The highest BCUT2D eigenvalue weighted by atomic mass is 16.2. The molecule has 0 radical (unpaired) electrons. The molecule has 132 valence electrons. The van der Waals surface area contributed by atoms with Crippen molar-refractivity contribution < 1.29 is 4.79 Å². The van der Waals surface area contributed by atoms with E-state index in [-0.39, 0.29) is 5.92 Å². The van der Waals surface area contributed by atoms with E-state index in [0.717, 1.165) is 62.9 Å². The van der Waals surface area contributed by atoms with Crippen molar-refractivity contribution in [2.75, 3.05) is 11.4 Å². The molecule has 3 rings (SSSR count). The maximum atomic E-state index is 13.3. The number of pyridine rings is 1. The highest BCUT2D eigenvalue weighted by Gasteiger charge is 2.28. The number of benzene rings is 1. The summed E-state index contributed by atoms with van der Waals surface area (Å²) in [6.45, 7) is 3.01. The Hall–Kier alpha value is -2.16. The molecule has 1 atom stereocenters. The van der Waals surface area contributed by atoms with Crippen molar-refractivity contribution in [1.82, 2.24) is 4.98 Å². The number of fused-ring (bicyclic) bond motifs is 1. The number of hydrogen-bond acceptors (Lipinski definition) is 2. The minimum atomic E-state index is 0.104. The van der Waals surface area contributed by atoms with Crippen LogP contribution in [0.3, 0.4) is 0 Å². The van der Waals surface area contributed by atoms with Crippen LogP contribution in [-0.2, 0) is 17.6 Å². The van der Waals surface area contributed by atoms with Crippen LogP contribution in [0.25, 0.3) is 0 Å². The van der Waals surface area contributed by atoms with Crippen LogP contribution in [0.4, 0.5) is 5.69 Å². The Bertz CT molecular complexity index is 683. The molecule has 0 fully saturated rings. The van der Waals surface area contributed by atoms with Crippen molar-refractivity contribution in [2.24, 2.45) is 5.92 Å². The number of para-hydroxylation sites is 1. The van der Waals surface area contributed by atoms with Crippen molar-refractivity contribution in [1.29, 1.82) is 0 Å². The summed E-state index contributed by atoms with van der Waals surface area (Å²) in [5.41, 5.74) is 3.52. The van der Waals surface area contributed by atoms with Crippen LogP contribution >= 0.6 is 0 Å². The summed E-state index contributed by atoms with van der Waals surface area (Å²) >= 11 is 0. The molecule has 3 heteroatoms. The molecule has 1 aromatic heterocycles. The van der Waals surface area contributed by atoms with Crippen LogP contribution in [0.5, 0.6) is 0 Å². The van der Waals surface area contributed by atoms with Gasteiger partial charge in [-0.3, -0.25) is 9.78 Å². The standard InChI is InChI=1S/C22H28N2O/c1-2-3-17-24-21-13-5-4-9-18(21)10-8-11-19(22(24)25)14-15-20-12-6-7-16-23-20/h4-7,9,12-13,16,19H,2-3,8,10-11,14-15,17H2,1H3. The van der Waals surface area contributed by atoms with Gasteiger partial charge in [-0.05, 0) is 62.3 Å². The molecule has 1 aliphatic rings. The number of amides is 1. The third kappa shape index (κ3) is 4.47. The second kappa shape index (κ2) is 8.80. The number of nitrogens with zero attached hydrogens (tertiary/aromatic N) is 2. The zero-order valence-corrected chi connectivity index (χ0v) is 15.2. The van der Waals surface area contributed by atoms with Gasteiger partial charge >= 0.3 is 0 Å². The molecule has 0 saturated heterocycles. The van der Waals surface area contributed by atoms with Crippen LogP contribution in [0, 0.1) is 5.92 Å². The number of carbonyl (C=O) groups is 1. The molecule has 0 spiro atoms. The fourth-order valence-corrected chi connectivity index (χ4v) is 3.67. The second-order valence-electron chi connectivity index (χ2n) is 6.92. The van der Waals surface area contributed by atoms with Crippen molar-refractivity contribution in [3.63, 3.8) is 0 Å². The summed E-state index contributed by atoms with van der Waals surface area (Å²) in [4.78, 5) is 19.8.